The Balaban J connectivity index is 3.40. The molecule has 3 N–H and O–H groups in total. The highest BCUT2D eigenvalue weighted by Gasteiger charge is 2.18. The largest absolute Gasteiger partial charge is 0.394 e. The van der Waals surface area contributed by atoms with Crippen LogP contribution in [0.15, 0.2) is 24.3 Å². The normalized spacial score (nSPS) is 12.7. The summed E-state index contributed by atoms with van der Waals surface area (Å²) in [6, 6.07) is -0.638. The molecule has 0 saturated heterocycles. The van der Waals surface area contributed by atoms with Crippen LogP contribution < -0.4 is 5.32 Å². The zero-order valence-electron chi connectivity index (χ0n) is 55.1. The van der Waals surface area contributed by atoms with E-state index in [0.717, 1.165) is 32.1 Å². The van der Waals surface area contributed by atoms with E-state index in [9.17, 15) is 15.0 Å². The molecule has 4 heteroatoms. The van der Waals surface area contributed by atoms with Crippen LogP contribution in [0.5, 0.6) is 0 Å². The summed E-state index contributed by atoms with van der Waals surface area (Å²) >= 11 is 0. The number of hydrogen-bond donors (Lipinski definition) is 3. The lowest BCUT2D eigenvalue weighted by Gasteiger charge is -2.19. The van der Waals surface area contributed by atoms with Crippen LogP contribution in [0.1, 0.15) is 438 Å². The van der Waals surface area contributed by atoms with Gasteiger partial charge in [-0.2, -0.15) is 0 Å². The predicted octanol–water partition coefficient (Wildman–Crippen LogP) is 25.7. The average Bonchev–Trinajstić information content (AvgIpc) is 3.46. The molecule has 0 heterocycles. The van der Waals surface area contributed by atoms with E-state index in [4.69, 9.17) is 0 Å². The van der Waals surface area contributed by atoms with E-state index < -0.39 is 12.1 Å². The minimum Gasteiger partial charge on any atom is -0.394 e. The molecule has 4 nitrogen and oxygen atoms in total. The van der Waals surface area contributed by atoms with Gasteiger partial charge in [0.1, 0.15) is 0 Å². The number of carbonyl (C=O) groups excluding carboxylic acids is 1. The van der Waals surface area contributed by atoms with Crippen LogP contribution in [0.3, 0.4) is 0 Å². The van der Waals surface area contributed by atoms with Gasteiger partial charge in [-0.25, -0.2) is 0 Å². The Morgan fingerprint density at radius 3 is 0.725 bits per heavy atom. The standard InChI is InChI=1S/C76H149NO3/c1-3-5-7-9-11-13-15-17-19-21-23-25-27-29-31-33-35-36-37-38-39-40-41-42-44-46-48-50-52-54-56-58-60-62-64-66-68-70-72-76(80)77-74(73-78)75(79)71-69-67-65-63-61-59-57-55-53-51-49-47-45-43-34-32-30-28-26-24-22-20-18-16-14-12-10-8-6-4-2/h61,63,69,71,74-75,78-79H,3-60,62,64-68,70,72-73H2,1-2H3,(H,77,80)/b63-61+,71-69+. The fraction of sp³-hybridized carbons (Fsp3) is 0.934. The number of amides is 1. The number of unbranched alkanes of at least 4 members (excludes halogenated alkanes) is 62. The summed E-state index contributed by atoms with van der Waals surface area (Å²) in [6.45, 7) is 4.36. The summed E-state index contributed by atoms with van der Waals surface area (Å²) in [7, 11) is 0. The van der Waals surface area contributed by atoms with Crippen molar-refractivity contribution >= 4 is 5.91 Å². The Morgan fingerprint density at radius 2 is 0.487 bits per heavy atom. The minimum absolute atomic E-state index is 0.0633. The third kappa shape index (κ3) is 67.7. The van der Waals surface area contributed by atoms with Gasteiger partial charge in [0.2, 0.25) is 5.91 Å². The van der Waals surface area contributed by atoms with E-state index in [1.54, 1.807) is 6.08 Å². The van der Waals surface area contributed by atoms with E-state index in [1.807, 2.05) is 6.08 Å². The SMILES string of the molecule is CCCCCCCCCCCCCCCCCCCCCCCCCC/C=C/CC/C=C/C(O)C(CO)NC(=O)CCCCCCCCCCCCCCCCCCCCCCCCCCCCCCCCCCCCCCCC. The number of aliphatic hydroxyl groups excluding tert-OH is 2. The summed E-state index contributed by atoms with van der Waals surface area (Å²) in [5.74, 6) is -0.0633. The second-order valence-corrected chi connectivity index (χ2v) is 26.1. The summed E-state index contributed by atoms with van der Waals surface area (Å²) in [4.78, 5) is 12.5. The molecular formula is C76H149NO3. The number of nitrogens with one attached hydrogen (secondary N) is 1. The van der Waals surface area contributed by atoms with Crippen LogP contribution >= 0.6 is 0 Å². The van der Waals surface area contributed by atoms with Crippen molar-refractivity contribution in [1.29, 1.82) is 0 Å². The molecule has 0 aromatic rings. The number of hydrogen-bond acceptors (Lipinski definition) is 3. The molecule has 1 amide bonds. The molecule has 0 aromatic carbocycles. The minimum atomic E-state index is -0.862. The van der Waals surface area contributed by atoms with Crippen LogP contribution in [-0.4, -0.2) is 34.9 Å². The van der Waals surface area contributed by atoms with Gasteiger partial charge in [0.15, 0.2) is 0 Å². The highest BCUT2D eigenvalue weighted by Crippen LogP contribution is 2.20. The van der Waals surface area contributed by atoms with Crippen molar-refractivity contribution in [3.05, 3.63) is 24.3 Å². The first-order chi connectivity index (χ1) is 39.7. The van der Waals surface area contributed by atoms with Crippen LogP contribution in [0, 0.1) is 0 Å². The smallest absolute Gasteiger partial charge is 0.220 e. The third-order valence-corrected chi connectivity index (χ3v) is 17.9. The van der Waals surface area contributed by atoms with Gasteiger partial charge in [-0.1, -0.05) is 423 Å². The Hall–Kier alpha value is -1.13. The van der Waals surface area contributed by atoms with E-state index in [1.165, 1.54) is 385 Å². The molecule has 476 valence electrons. The van der Waals surface area contributed by atoms with E-state index in [0.29, 0.717) is 6.42 Å². The van der Waals surface area contributed by atoms with Crippen LogP contribution in [-0.2, 0) is 4.79 Å². The third-order valence-electron chi connectivity index (χ3n) is 17.9. The van der Waals surface area contributed by atoms with Gasteiger partial charge in [-0.15, -0.1) is 0 Å². The molecule has 0 rings (SSSR count). The van der Waals surface area contributed by atoms with E-state index in [-0.39, 0.29) is 12.5 Å². The van der Waals surface area contributed by atoms with E-state index >= 15 is 0 Å². The summed E-state index contributed by atoms with van der Waals surface area (Å²) < 4.78 is 0. The van der Waals surface area contributed by atoms with Crippen LogP contribution in [0.2, 0.25) is 0 Å². The van der Waals surface area contributed by atoms with Gasteiger partial charge >= 0.3 is 0 Å². The molecule has 0 aliphatic heterocycles. The molecule has 0 saturated carbocycles. The van der Waals surface area contributed by atoms with Gasteiger partial charge in [0.05, 0.1) is 18.8 Å². The van der Waals surface area contributed by atoms with Crippen molar-refractivity contribution < 1.29 is 15.0 Å². The Kier molecular flexibility index (Phi) is 71.1. The highest BCUT2D eigenvalue weighted by atomic mass is 16.3. The van der Waals surface area contributed by atoms with Crippen molar-refractivity contribution in [3.63, 3.8) is 0 Å². The van der Waals surface area contributed by atoms with Crippen molar-refractivity contribution in [2.75, 3.05) is 6.61 Å². The fourth-order valence-corrected chi connectivity index (χ4v) is 12.3. The van der Waals surface area contributed by atoms with Crippen molar-refractivity contribution in [2.24, 2.45) is 0 Å². The lowest BCUT2D eigenvalue weighted by molar-refractivity contribution is -0.123. The molecule has 2 atom stereocenters. The molecular weight excluding hydrogens is 975 g/mol. The van der Waals surface area contributed by atoms with Crippen molar-refractivity contribution in [1.82, 2.24) is 5.32 Å². The number of allylic oxidation sites excluding steroid dienone is 3. The Morgan fingerprint density at radius 1 is 0.287 bits per heavy atom. The quantitative estimate of drug-likeness (QED) is 0.0420. The topological polar surface area (TPSA) is 69.6 Å². The zero-order valence-corrected chi connectivity index (χ0v) is 55.1. The van der Waals surface area contributed by atoms with Crippen molar-refractivity contribution in [2.45, 2.75) is 450 Å². The Bertz CT molecular complexity index is 1180. The summed E-state index contributed by atoms with van der Waals surface area (Å²) in [6.07, 6.45) is 98.8. The molecule has 0 aliphatic rings. The van der Waals surface area contributed by atoms with Crippen LogP contribution in [0.4, 0.5) is 0 Å². The second kappa shape index (κ2) is 72.1. The highest BCUT2D eigenvalue weighted by molar-refractivity contribution is 5.76. The predicted molar refractivity (Wildman–Crippen MR) is 359 cm³/mol. The van der Waals surface area contributed by atoms with Crippen LogP contribution in [0.25, 0.3) is 0 Å². The number of carbonyl (C=O) groups is 1. The molecule has 0 aromatic heterocycles. The van der Waals surface area contributed by atoms with Gasteiger partial charge in [-0.05, 0) is 32.1 Å². The molecule has 0 aliphatic carbocycles. The molecule has 2 unspecified atom stereocenters. The molecule has 0 fully saturated rings. The number of rotatable bonds is 71. The summed E-state index contributed by atoms with van der Waals surface area (Å²) in [5.41, 5.74) is 0. The lowest BCUT2D eigenvalue weighted by atomic mass is 10.0. The van der Waals surface area contributed by atoms with Gasteiger partial charge in [-0.3, -0.25) is 4.79 Å². The maximum atomic E-state index is 12.5. The van der Waals surface area contributed by atoms with E-state index in [2.05, 4.69) is 31.3 Å². The van der Waals surface area contributed by atoms with Crippen molar-refractivity contribution in [3.8, 4) is 0 Å². The average molecular weight is 1130 g/mol. The first-order valence-electron chi connectivity index (χ1n) is 37.6. The van der Waals surface area contributed by atoms with Gasteiger partial charge < -0.3 is 15.5 Å². The van der Waals surface area contributed by atoms with Gasteiger partial charge in [0.25, 0.3) is 0 Å². The summed E-state index contributed by atoms with van der Waals surface area (Å²) in [5, 5.41) is 23.3. The monoisotopic (exact) mass is 1120 g/mol. The van der Waals surface area contributed by atoms with Gasteiger partial charge in [0, 0.05) is 6.42 Å². The first kappa shape index (κ1) is 78.9. The molecule has 0 bridgehead atoms. The molecule has 0 radical (unpaired) electrons. The lowest BCUT2D eigenvalue weighted by Crippen LogP contribution is -2.45. The second-order valence-electron chi connectivity index (χ2n) is 26.1. The zero-order chi connectivity index (χ0) is 57.6. The molecule has 80 heavy (non-hydrogen) atoms. The first-order valence-corrected chi connectivity index (χ1v) is 37.6. The molecule has 0 spiro atoms. The Labute approximate surface area is 504 Å². The fourth-order valence-electron chi connectivity index (χ4n) is 12.3. The maximum absolute atomic E-state index is 12.5. The maximum Gasteiger partial charge on any atom is 0.220 e. The number of aliphatic hydroxyl groups is 2.